The fourth-order valence-electron chi connectivity index (χ4n) is 3.61. The van der Waals surface area contributed by atoms with E-state index in [0.29, 0.717) is 5.56 Å². The maximum Gasteiger partial charge on any atom is 0.229 e. The summed E-state index contributed by atoms with van der Waals surface area (Å²) in [5.41, 5.74) is 0.537. The van der Waals surface area contributed by atoms with Crippen LogP contribution < -0.4 is 9.47 Å². The first-order chi connectivity index (χ1) is 14.7. The summed E-state index contributed by atoms with van der Waals surface area (Å²) in [6.07, 6.45) is -7.52. The highest BCUT2D eigenvalue weighted by atomic mass is 16.7. The fraction of sp³-hybridized carbons (Fsp3) is 0.381. The average Bonchev–Trinajstić information content (AvgIpc) is 2.74. The van der Waals surface area contributed by atoms with Crippen LogP contribution in [-0.2, 0) is 4.74 Å². The van der Waals surface area contributed by atoms with E-state index >= 15 is 0 Å². The molecule has 4 rings (SSSR count). The number of aromatic hydroxyl groups is 3. The van der Waals surface area contributed by atoms with E-state index in [9.17, 15) is 35.4 Å². The van der Waals surface area contributed by atoms with Crippen molar-refractivity contribution in [1.29, 1.82) is 0 Å². The summed E-state index contributed by atoms with van der Waals surface area (Å²) in [4.78, 5) is 12.6. The number of aliphatic hydroxyl groups excluding tert-OH is 3. The lowest BCUT2D eigenvalue weighted by Crippen LogP contribution is -2.58. The summed E-state index contributed by atoms with van der Waals surface area (Å²) in [6.45, 7) is 1.49. The Morgan fingerprint density at radius 3 is 2.42 bits per heavy atom. The van der Waals surface area contributed by atoms with Crippen molar-refractivity contribution in [3.8, 4) is 28.7 Å². The van der Waals surface area contributed by atoms with Gasteiger partial charge >= 0.3 is 0 Å². The van der Waals surface area contributed by atoms with Gasteiger partial charge in [-0.3, -0.25) is 4.79 Å². The molecule has 166 valence electrons. The molecule has 31 heavy (non-hydrogen) atoms. The standard InChI is InChI=1S/C21H22O10/c1-8-16(25)18(27)19(28)21(29-8)31-14-5-3-10-12(23)7-15(30-20(10)17(14)26)9-2-4-11(22)13(24)6-9/h2-6,8,15-16,18-19,21-22,24-28H,7H2,1H3. The highest BCUT2D eigenvalue weighted by Gasteiger charge is 2.43. The molecule has 10 heteroatoms. The molecule has 0 saturated carbocycles. The van der Waals surface area contributed by atoms with E-state index in [0.717, 1.165) is 0 Å². The van der Waals surface area contributed by atoms with Crippen molar-refractivity contribution in [2.45, 2.75) is 50.2 Å². The van der Waals surface area contributed by atoms with Crippen molar-refractivity contribution in [1.82, 2.24) is 0 Å². The Balaban J connectivity index is 1.61. The van der Waals surface area contributed by atoms with Gasteiger partial charge in [-0.15, -0.1) is 0 Å². The Morgan fingerprint density at radius 2 is 1.71 bits per heavy atom. The quantitative estimate of drug-likeness (QED) is 0.379. The maximum atomic E-state index is 12.6. The molecule has 6 N–H and O–H groups in total. The van der Waals surface area contributed by atoms with E-state index in [1.807, 2.05) is 0 Å². The first kappa shape index (κ1) is 21.2. The predicted octanol–water partition coefficient (Wildman–Crippen LogP) is 0.716. The van der Waals surface area contributed by atoms with Crippen LogP contribution in [0.2, 0.25) is 0 Å². The van der Waals surface area contributed by atoms with Gasteiger partial charge in [-0.25, -0.2) is 0 Å². The number of carbonyl (C=O) groups excluding carboxylic acids is 1. The zero-order valence-corrected chi connectivity index (χ0v) is 16.4. The molecule has 0 aromatic heterocycles. The van der Waals surface area contributed by atoms with Gasteiger partial charge in [-0.1, -0.05) is 6.07 Å². The SMILES string of the molecule is CC1OC(Oc2ccc3c(c2O)OC(c2ccc(O)c(O)c2)CC3=O)C(O)C(O)C1O. The summed E-state index contributed by atoms with van der Waals surface area (Å²) in [5.74, 6) is -1.84. The number of phenols is 3. The molecule has 2 aromatic rings. The van der Waals surface area contributed by atoms with Crippen molar-refractivity contribution >= 4 is 5.78 Å². The van der Waals surface area contributed by atoms with Crippen LogP contribution in [0.15, 0.2) is 30.3 Å². The lowest BCUT2D eigenvalue weighted by Gasteiger charge is -2.39. The van der Waals surface area contributed by atoms with Gasteiger partial charge in [0.25, 0.3) is 0 Å². The van der Waals surface area contributed by atoms with Gasteiger partial charge in [0.05, 0.1) is 18.1 Å². The number of carbonyl (C=O) groups is 1. The van der Waals surface area contributed by atoms with E-state index < -0.39 is 42.6 Å². The molecule has 2 aromatic carbocycles. The van der Waals surface area contributed by atoms with E-state index in [1.165, 1.54) is 37.3 Å². The first-order valence-corrected chi connectivity index (χ1v) is 9.61. The number of hydrogen-bond donors (Lipinski definition) is 6. The van der Waals surface area contributed by atoms with E-state index in [2.05, 4.69) is 0 Å². The van der Waals surface area contributed by atoms with Crippen molar-refractivity contribution in [2.24, 2.45) is 0 Å². The molecular formula is C21H22O10. The van der Waals surface area contributed by atoms with Gasteiger partial charge in [0.2, 0.25) is 12.0 Å². The van der Waals surface area contributed by atoms with Crippen molar-refractivity contribution in [3.05, 3.63) is 41.5 Å². The zero-order valence-electron chi connectivity index (χ0n) is 16.4. The molecule has 1 saturated heterocycles. The summed E-state index contributed by atoms with van der Waals surface area (Å²) < 4.78 is 16.7. The van der Waals surface area contributed by atoms with Crippen LogP contribution in [0.3, 0.4) is 0 Å². The molecule has 6 atom stereocenters. The molecule has 2 heterocycles. The molecule has 1 fully saturated rings. The monoisotopic (exact) mass is 434 g/mol. The number of phenolic OH excluding ortho intramolecular Hbond substituents is 3. The van der Waals surface area contributed by atoms with Crippen LogP contribution in [0.4, 0.5) is 0 Å². The average molecular weight is 434 g/mol. The number of ether oxygens (including phenoxy) is 3. The molecule has 0 radical (unpaired) electrons. The third kappa shape index (κ3) is 3.74. The number of rotatable bonds is 3. The number of ketones is 1. The molecule has 10 nitrogen and oxygen atoms in total. The minimum Gasteiger partial charge on any atom is -0.504 e. The number of fused-ring (bicyclic) bond motifs is 1. The third-order valence-corrected chi connectivity index (χ3v) is 5.45. The van der Waals surface area contributed by atoms with Crippen LogP contribution in [0.1, 0.15) is 35.4 Å². The van der Waals surface area contributed by atoms with Gasteiger partial charge in [-0.05, 0) is 36.8 Å². The summed E-state index contributed by atoms with van der Waals surface area (Å²) in [7, 11) is 0. The van der Waals surface area contributed by atoms with Crippen molar-refractivity contribution in [3.63, 3.8) is 0 Å². The number of aliphatic hydroxyl groups is 3. The lowest BCUT2D eigenvalue weighted by molar-refractivity contribution is -0.268. The summed E-state index contributed by atoms with van der Waals surface area (Å²) in [5, 5.41) is 59.7. The second-order valence-electron chi connectivity index (χ2n) is 7.57. The topological polar surface area (TPSA) is 166 Å². The molecule has 2 aliphatic heterocycles. The maximum absolute atomic E-state index is 12.6. The molecule has 0 amide bonds. The van der Waals surface area contributed by atoms with E-state index in [4.69, 9.17) is 14.2 Å². The number of Topliss-reactive ketones (excluding diaryl/α,β-unsaturated/α-hetero) is 1. The van der Waals surface area contributed by atoms with E-state index in [-0.39, 0.29) is 40.8 Å². The first-order valence-electron chi connectivity index (χ1n) is 9.61. The van der Waals surface area contributed by atoms with Crippen molar-refractivity contribution < 1.29 is 49.6 Å². The van der Waals surface area contributed by atoms with Gasteiger partial charge in [0.1, 0.15) is 24.4 Å². The Morgan fingerprint density at radius 1 is 0.968 bits per heavy atom. The Hall–Kier alpha value is -3.05. The van der Waals surface area contributed by atoms with Crippen molar-refractivity contribution in [2.75, 3.05) is 0 Å². The second kappa shape index (κ2) is 7.89. The Labute approximate surface area is 176 Å². The van der Waals surface area contributed by atoms with Crippen LogP contribution in [-0.4, -0.2) is 67.1 Å². The Bertz CT molecular complexity index is 1010. The fourth-order valence-corrected chi connectivity index (χ4v) is 3.61. The second-order valence-corrected chi connectivity index (χ2v) is 7.57. The highest BCUT2D eigenvalue weighted by molar-refractivity contribution is 6.01. The van der Waals surface area contributed by atoms with Gasteiger partial charge in [0, 0.05) is 0 Å². The van der Waals surface area contributed by atoms with E-state index in [1.54, 1.807) is 0 Å². The van der Waals surface area contributed by atoms with Gasteiger partial charge in [0.15, 0.2) is 28.8 Å². The van der Waals surface area contributed by atoms with Gasteiger partial charge in [-0.2, -0.15) is 0 Å². The molecule has 0 spiro atoms. The minimum absolute atomic E-state index is 0.0527. The molecule has 6 unspecified atom stereocenters. The minimum atomic E-state index is -1.59. The third-order valence-electron chi connectivity index (χ3n) is 5.45. The zero-order chi connectivity index (χ0) is 22.4. The van der Waals surface area contributed by atoms with Crippen LogP contribution in [0.25, 0.3) is 0 Å². The van der Waals surface area contributed by atoms with Gasteiger partial charge < -0.3 is 44.8 Å². The van der Waals surface area contributed by atoms with Crippen LogP contribution >= 0.6 is 0 Å². The molecule has 2 aliphatic rings. The summed E-state index contributed by atoms with van der Waals surface area (Å²) >= 11 is 0. The number of benzene rings is 2. The molecule has 0 bridgehead atoms. The van der Waals surface area contributed by atoms with Crippen LogP contribution in [0.5, 0.6) is 28.7 Å². The molecule has 0 aliphatic carbocycles. The highest BCUT2D eigenvalue weighted by Crippen LogP contribution is 2.46. The molecular weight excluding hydrogens is 412 g/mol. The van der Waals surface area contributed by atoms with Crippen LogP contribution in [0, 0.1) is 0 Å². The predicted molar refractivity (Wildman–Crippen MR) is 103 cm³/mol. The summed E-state index contributed by atoms with van der Waals surface area (Å²) in [6, 6.07) is 6.70. The normalized spacial score (nSPS) is 30.4. The largest absolute Gasteiger partial charge is 0.504 e. The Kier molecular flexibility index (Phi) is 5.40. The smallest absolute Gasteiger partial charge is 0.229 e. The number of hydrogen-bond acceptors (Lipinski definition) is 10. The lowest BCUT2D eigenvalue weighted by atomic mass is 9.95.